The number of fused-ring (bicyclic) bond motifs is 1. The molecule has 1 aliphatic rings. The minimum atomic E-state index is -1.69. The fourth-order valence-corrected chi connectivity index (χ4v) is 5.83. The molecule has 6 nitrogen and oxygen atoms in total. The average Bonchev–Trinajstić information content (AvgIpc) is 3.18. The number of carbonyl (C=O) groups is 1. The Kier molecular flexibility index (Phi) is 7.37. The van der Waals surface area contributed by atoms with Gasteiger partial charge in [-0.1, -0.05) is 0 Å². The van der Waals surface area contributed by atoms with Crippen LogP contribution in [0.2, 0.25) is 0 Å². The molecular formula is C29H26BF2NO5S. The number of ether oxygens (including phenoxy) is 2. The summed E-state index contributed by atoms with van der Waals surface area (Å²) in [6.07, 6.45) is -0.376. The molecule has 1 saturated heterocycles. The molecule has 1 aromatic heterocycles. The van der Waals surface area contributed by atoms with Crippen molar-refractivity contribution in [3.05, 3.63) is 82.0 Å². The summed E-state index contributed by atoms with van der Waals surface area (Å²) in [5.41, 5.74) is -0.228. The number of likely N-dealkylation sites (tertiary alicyclic amines) is 1. The molecule has 5 rings (SSSR count). The molecule has 2 radical (unpaired) electrons. The highest BCUT2D eigenvalue weighted by atomic mass is 32.1. The van der Waals surface area contributed by atoms with E-state index in [0.29, 0.717) is 62.0 Å². The molecule has 1 unspecified atom stereocenters. The van der Waals surface area contributed by atoms with Crippen LogP contribution in [0.3, 0.4) is 0 Å². The second kappa shape index (κ2) is 10.6. The molecule has 4 aromatic rings. The molecule has 1 aliphatic heterocycles. The van der Waals surface area contributed by atoms with Gasteiger partial charge >= 0.3 is 0 Å². The highest BCUT2D eigenvalue weighted by molar-refractivity contribution is 7.21. The summed E-state index contributed by atoms with van der Waals surface area (Å²) in [6, 6.07) is 14.3. The van der Waals surface area contributed by atoms with Gasteiger partial charge in [0.25, 0.3) is 0 Å². The van der Waals surface area contributed by atoms with E-state index in [1.807, 2.05) is 0 Å². The van der Waals surface area contributed by atoms with E-state index in [1.165, 1.54) is 29.5 Å². The van der Waals surface area contributed by atoms with E-state index >= 15 is 0 Å². The van der Waals surface area contributed by atoms with E-state index in [1.54, 1.807) is 55.1 Å². The second-order valence-corrected chi connectivity index (χ2v) is 10.8. The van der Waals surface area contributed by atoms with Crippen molar-refractivity contribution < 1.29 is 33.3 Å². The van der Waals surface area contributed by atoms with E-state index in [4.69, 9.17) is 17.3 Å². The topological polar surface area (TPSA) is 79.2 Å². The quantitative estimate of drug-likeness (QED) is 0.208. The van der Waals surface area contributed by atoms with Crippen molar-refractivity contribution in [1.29, 1.82) is 0 Å². The van der Waals surface area contributed by atoms with Crippen LogP contribution in [-0.2, 0) is 0 Å². The van der Waals surface area contributed by atoms with Crippen molar-refractivity contribution in [2.45, 2.75) is 32.0 Å². The second-order valence-electron chi connectivity index (χ2n) is 9.72. The van der Waals surface area contributed by atoms with Crippen molar-refractivity contribution >= 4 is 35.1 Å². The van der Waals surface area contributed by atoms with Gasteiger partial charge in [-0.2, -0.15) is 0 Å². The standard InChI is InChI=1S/C29H26BF2NO5S/c1-16-11-18(32)12-17(2)25(16)26(35)28-27(23-8-3-19(34)13-24(23)39-28)38-21-6-4-20(5-7-21)37-22-14-33(15-22)29(30,36)9-10-31/h3-8,11-13,22,34,36H,9-10,14-15H2,1-2H3. The van der Waals surface area contributed by atoms with Gasteiger partial charge in [-0.3, -0.25) is 14.1 Å². The Morgan fingerprint density at radius 2 is 1.74 bits per heavy atom. The zero-order valence-electron chi connectivity index (χ0n) is 21.4. The number of carbonyl (C=O) groups excluding carboxylic acids is 1. The Labute approximate surface area is 229 Å². The summed E-state index contributed by atoms with van der Waals surface area (Å²) in [4.78, 5) is 15.6. The summed E-state index contributed by atoms with van der Waals surface area (Å²) in [7, 11) is 5.73. The molecule has 2 N–H and O–H groups in total. The lowest BCUT2D eigenvalue weighted by Gasteiger charge is -2.47. The molecule has 0 saturated carbocycles. The SMILES string of the molecule is [B]C(O)(CCF)N1CC(Oc2ccc(Oc3c(C(=O)c4c(C)cc(F)cc4C)sc4cc(O)ccc34)cc2)C1. The number of benzene rings is 3. The van der Waals surface area contributed by atoms with E-state index in [0.717, 1.165) is 0 Å². The number of nitrogens with zero attached hydrogens (tertiary/aromatic N) is 1. The first-order valence-electron chi connectivity index (χ1n) is 12.4. The molecule has 0 aliphatic carbocycles. The molecule has 0 spiro atoms. The largest absolute Gasteiger partial charge is 0.508 e. The van der Waals surface area contributed by atoms with Gasteiger partial charge in [-0.15, -0.1) is 11.3 Å². The Balaban J connectivity index is 1.37. The number of aliphatic hydroxyl groups is 1. The van der Waals surface area contributed by atoms with Gasteiger partial charge in [0.2, 0.25) is 5.78 Å². The molecular weight excluding hydrogens is 523 g/mol. The molecule has 0 bridgehead atoms. The molecule has 200 valence electrons. The van der Waals surface area contributed by atoms with Gasteiger partial charge < -0.3 is 19.7 Å². The van der Waals surface area contributed by atoms with Gasteiger partial charge in [-0.25, -0.2) is 4.39 Å². The van der Waals surface area contributed by atoms with Crippen molar-refractivity contribution in [2.75, 3.05) is 19.8 Å². The maximum absolute atomic E-state index is 13.9. The van der Waals surface area contributed by atoms with Crippen LogP contribution in [0.15, 0.2) is 54.6 Å². The average molecular weight is 549 g/mol. The van der Waals surface area contributed by atoms with Crippen molar-refractivity contribution in [3.8, 4) is 23.0 Å². The number of hydrogen-bond donors (Lipinski definition) is 2. The van der Waals surface area contributed by atoms with Gasteiger partial charge in [0.1, 0.15) is 41.9 Å². The first kappa shape index (κ1) is 27.1. The first-order chi connectivity index (χ1) is 18.6. The number of aryl methyl sites for hydroxylation is 2. The number of phenols is 1. The number of phenolic OH excluding ortho intramolecular Hbond substituents is 1. The first-order valence-corrected chi connectivity index (χ1v) is 13.2. The van der Waals surface area contributed by atoms with Crippen LogP contribution in [0.5, 0.6) is 23.0 Å². The zero-order chi connectivity index (χ0) is 27.9. The molecule has 1 fully saturated rings. The molecule has 2 heterocycles. The van der Waals surface area contributed by atoms with Crippen LogP contribution in [-0.4, -0.2) is 60.2 Å². The Morgan fingerprint density at radius 1 is 1.10 bits per heavy atom. The summed E-state index contributed by atoms with van der Waals surface area (Å²) < 4.78 is 39.3. The van der Waals surface area contributed by atoms with E-state index in [9.17, 15) is 23.8 Å². The number of thiophene rings is 1. The maximum atomic E-state index is 13.9. The minimum absolute atomic E-state index is 0.0669. The Bertz CT molecular complexity index is 1510. The Morgan fingerprint density at radius 3 is 2.38 bits per heavy atom. The zero-order valence-corrected chi connectivity index (χ0v) is 22.2. The third-order valence-electron chi connectivity index (χ3n) is 6.76. The number of aromatic hydroxyl groups is 1. The van der Waals surface area contributed by atoms with Crippen LogP contribution in [0, 0.1) is 19.7 Å². The predicted octanol–water partition coefficient (Wildman–Crippen LogP) is 5.62. The lowest BCUT2D eigenvalue weighted by atomic mass is 9.83. The van der Waals surface area contributed by atoms with Gasteiger partial charge in [0, 0.05) is 35.2 Å². The van der Waals surface area contributed by atoms with Gasteiger partial charge in [0.05, 0.1) is 12.3 Å². The molecule has 1 atom stereocenters. The molecule has 39 heavy (non-hydrogen) atoms. The predicted molar refractivity (Wildman–Crippen MR) is 147 cm³/mol. The van der Waals surface area contributed by atoms with Crippen LogP contribution in [0.4, 0.5) is 8.78 Å². The summed E-state index contributed by atoms with van der Waals surface area (Å²) in [5.74, 6) is 0.759. The fraction of sp³-hybridized carbons (Fsp3) is 0.276. The number of ketones is 1. The van der Waals surface area contributed by atoms with E-state index in [2.05, 4.69) is 0 Å². The maximum Gasteiger partial charge on any atom is 0.207 e. The molecule has 10 heteroatoms. The molecule has 3 aromatic carbocycles. The number of alkyl halides is 1. The Hall–Kier alpha value is -3.47. The van der Waals surface area contributed by atoms with Crippen molar-refractivity contribution in [2.24, 2.45) is 0 Å². The van der Waals surface area contributed by atoms with Gasteiger partial charge in [0.15, 0.2) is 5.75 Å². The molecule has 0 amide bonds. The van der Waals surface area contributed by atoms with Crippen molar-refractivity contribution in [1.82, 2.24) is 4.90 Å². The third-order valence-corrected chi connectivity index (χ3v) is 7.90. The van der Waals surface area contributed by atoms with Crippen molar-refractivity contribution in [3.63, 3.8) is 0 Å². The van der Waals surface area contributed by atoms with Gasteiger partial charge in [-0.05, 0) is 79.6 Å². The lowest BCUT2D eigenvalue weighted by Crippen LogP contribution is -2.64. The highest BCUT2D eigenvalue weighted by Crippen LogP contribution is 2.43. The van der Waals surface area contributed by atoms with Crippen LogP contribution < -0.4 is 9.47 Å². The number of hydrogen-bond acceptors (Lipinski definition) is 7. The summed E-state index contributed by atoms with van der Waals surface area (Å²) in [6.45, 7) is 3.41. The summed E-state index contributed by atoms with van der Waals surface area (Å²) in [5, 5.41) is 20.7. The monoisotopic (exact) mass is 549 g/mol. The normalized spacial score (nSPS) is 15.6. The lowest BCUT2D eigenvalue weighted by molar-refractivity contribution is -0.123. The van der Waals surface area contributed by atoms with E-state index in [-0.39, 0.29) is 24.1 Å². The van der Waals surface area contributed by atoms with E-state index < -0.39 is 18.1 Å². The van der Waals surface area contributed by atoms with Crippen LogP contribution in [0.25, 0.3) is 10.1 Å². The minimum Gasteiger partial charge on any atom is -0.508 e. The number of rotatable bonds is 9. The smallest absolute Gasteiger partial charge is 0.207 e. The number of halogens is 2. The third kappa shape index (κ3) is 5.50. The summed E-state index contributed by atoms with van der Waals surface area (Å²) >= 11 is 1.20. The van der Waals surface area contributed by atoms with Crippen LogP contribution >= 0.6 is 11.3 Å². The van der Waals surface area contributed by atoms with Crippen LogP contribution in [0.1, 0.15) is 32.8 Å². The fourth-order valence-electron chi connectivity index (χ4n) is 4.72. The highest BCUT2D eigenvalue weighted by Gasteiger charge is 2.39.